The minimum absolute atomic E-state index is 0.0162. The predicted octanol–water partition coefficient (Wildman–Crippen LogP) is 3.60. The van der Waals surface area contributed by atoms with Gasteiger partial charge in [0, 0.05) is 10.8 Å². The number of hydrogen-bond donors (Lipinski definition) is 4. The quantitative estimate of drug-likeness (QED) is 0.246. The van der Waals surface area contributed by atoms with E-state index in [1.54, 1.807) is 24.3 Å². The molecule has 0 fully saturated rings. The SMILES string of the molecule is O=Nc1ccc(NO)c2c(O)c3ccccc3c(O)c12. The number of fused-ring (bicyclic) bond motifs is 2. The van der Waals surface area contributed by atoms with Gasteiger partial charge in [-0.3, -0.25) is 10.7 Å². The molecule has 0 atom stereocenters. The normalized spacial score (nSPS) is 10.8. The summed E-state index contributed by atoms with van der Waals surface area (Å²) in [7, 11) is 0. The Bertz CT molecular complexity index is 846. The van der Waals surface area contributed by atoms with Crippen LogP contribution in [0.3, 0.4) is 0 Å². The Morgan fingerprint density at radius 2 is 1.50 bits per heavy atom. The highest BCUT2D eigenvalue weighted by Gasteiger charge is 2.18. The number of nitroso groups, excluding NO2 is 1. The fourth-order valence-corrected chi connectivity index (χ4v) is 2.41. The highest BCUT2D eigenvalue weighted by molar-refractivity contribution is 6.18. The van der Waals surface area contributed by atoms with Crippen molar-refractivity contribution in [1.29, 1.82) is 0 Å². The van der Waals surface area contributed by atoms with Gasteiger partial charge in [-0.25, -0.2) is 0 Å². The van der Waals surface area contributed by atoms with Crippen LogP contribution in [0.5, 0.6) is 11.5 Å². The summed E-state index contributed by atoms with van der Waals surface area (Å²) in [5, 5.41) is 33.7. The van der Waals surface area contributed by atoms with Crippen LogP contribution in [0.4, 0.5) is 11.4 Å². The number of phenols is 2. The summed E-state index contributed by atoms with van der Waals surface area (Å²) >= 11 is 0. The van der Waals surface area contributed by atoms with Gasteiger partial charge in [0.1, 0.15) is 17.2 Å². The third kappa shape index (κ3) is 1.49. The van der Waals surface area contributed by atoms with Gasteiger partial charge in [-0.2, -0.15) is 0 Å². The number of aromatic hydroxyl groups is 2. The zero-order valence-electron chi connectivity index (χ0n) is 10.2. The molecule has 0 radical (unpaired) electrons. The van der Waals surface area contributed by atoms with E-state index in [-0.39, 0.29) is 33.6 Å². The van der Waals surface area contributed by atoms with Gasteiger partial charge in [0.2, 0.25) is 0 Å². The Morgan fingerprint density at radius 1 is 0.900 bits per heavy atom. The van der Waals surface area contributed by atoms with Crippen LogP contribution in [0.25, 0.3) is 21.5 Å². The molecule has 3 rings (SSSR count). The molecular formula is C14H10N2O4. The molecule has 6 heteroatoms. The minimum Gasteiger partial charge on any atom is -0.507 e. The van der Waals surface area contributed by atoms with Crippen molar-refractivity contribution in [2.75, 3.05) is 5.48 Å². The van der Waals surface area contributed by atoms with Gasteiger partial charge < -0.3 is 10.2 Å². The lowest BCUT2D eigenvalue weighted by atomic mass is 9.98. The zero-order chi connectivity index (χ0) is 14.3. The standard InChI is InChI=1S/C14H10N2O4/c17-13-7-3-1-2-4-8(7)14(18)12-10(16-20)6-5-9(15-19)11(12)13/h1-6,15,17-19H. The molecule has 6 nitrogen and oxygen atoms in total. The van der Waals surface area contributed by atoms with Crippen LogP contribution in [-0.2, 0) is 0 Å². The Labute approximate surface area is 112 Å². The Morgan fingerprint density at radius 3 is 2.05 bits per heavy atom. The van der Waals surface area contributed by atoms with Gasteiger partial charge in [-0.15, -0.1) is 4.91 Å². The summed E-state index contributed by atoms with van der Waals surface area (Å²) < 4.78 is 0. The van der Waals surface area contributed by atoms with Crippen molar-refractivity contribution in [1.82, 2.24) is 0 Å². The van der Waals surface area contributed by atoms with E-state index in [9.17, 15) is 15.1 Å². The van der Waals surface area contributed by atoms with Crippen LogP contribution in [0.2, 0.25) is 0 Å². The van der Waals surface area contributed by atoms with E-state index in [2.05, 4.69) is 5.18 Å². The first-order valence-corrected chi connectivity index (χ1v) is 5.82. The Hall–Kier alpha value is -2.86. The average molecular weight is 270 g/mol. The second kappa shape index (κ2) is 4.36. The molecule has 0 saturated carbocycles. The molecule has 0 spiro atoms. The maximum atomic E-state index is 10.9. The monoisotopic (exact) mass is 270 g/mol. The number of benzene rings is 3. The number of phenolic OH excluding ortho intramolecular Hbond substituents is 2. The minimum atomic E-state index is -0.167. The summed E-state index contributed by atoms with van der Waals surface area (Å²) in [6.07, 6.45) is 0. The molecule has 0 aliphatic heterocycles. The molecule has 0 aliphatic carbocycles. The molecule has 3 aromatic carbocycles. The average Bonchev–Trinajstić information content (AvgIpc) is 2.51. The van der Waals surface area contributed by atoms with Gasteiger partial charge in [0.25, 0.3) is 0 Å². The van der Waals surface area contributed by atoms with Crippen LogP contribution in [0, 0.1) is 4.91 Å². The molecule has 0 bridgehead atoms. The van der Waals surface area contributed by atoms with E-state index < -0.39 is 0 Å². The van der Waals surface area contributed by atoms with Crippen LogP contribution in [0.15, 0.2) is 41.6 Å². The molecule has 4 N–H and O–H groups in total. The first kappa shape index (κ1) is 12.2. The van der Waals surface area contributed by atoms with E-state index in [1.165, 1.54) is 12.1 Å². The topological polar surface area (TPSA) is 102 Å². The lowest BCUT2D eigenvalue weighted by Gasteiger charge is -2.13. The van der Waals surface area contributed by atoms with Crippen molar-refractivity contribution < 1.29 is 15.4 Å². The third-order valence-electron chi connectivity index (χ3n) is 3.31. The third-order valence-corrected chi connectivity index (χ3v) is 3.31. The molecule has 0 aliphatic rings. The van der Waals surface area contributed by atoms with Gasteiger partial charge in [-0.05, 0) is 17.3 Å². The number of hydrogen-bond acceptors (Lipinski definition) is 6. The lowest BCUT2D eigenvalue weighted by molar-refractivity contribution is 0.389. The van der Waals surface area contributed by atoms with Crippen molar-refractivity contribution in [3.05, 3.63) is 41.3 Å². The number of nitrogens with one attached hydrogen (secondary N) is 1. The fraction of sp³-hybridized carbons (Fsp3) is 0. The van der Waals surface area contributed by atoms with Crippen LogP contribution >= 0.6 is 0 Å². The maximum absolute atomic E-state index is 10.9. The molecule has 100 valence electrons. The van der Waals surface area contributed by atoms with Crippen LogP contribution < -0.4 is 5.48 Å². The van der Waals surface area contributed by atoms with E-state index in [4.69, 9.17) is 5.21 Å². The summed E-state index contributed by atoms with van der Waals surface area (Å²) in [5.41, 5.74) is 2.10. The lowest BCUT2D eigenvalue weighted by Crippen LogP contribution is -1.92. The Kier molecular flexibility index (Phi) is 2.66. The molecular weight excluding hydrogens is 260 g/mol. The predicted molar refractivity (Wildman–Crippen MR) is 75.6 cm³/mol. The van der Waals surface area contributed by atoms with Gasteiger partial charge in [0.15, 0.2) is 0 Å². The maximum Gasteiger partial charge on any atom is 0.133 e. The molecule has 20 heavy (non-hydrogen) atoms. The summed E-state index contributed by atoms with van der Waals surface area (Å²) in [4.78, 5) is 10.9. The van der Waals surface area contributed by atoms with Crippen molar-refractivity contribution in [2.45, 2.75) is 0 Å². The summed E-state index contributed by atoms with van der Waals surface area (Å²) in [6.45, 7) is 0. The second-order valence-corrected chi connectivity index (χ2v) is 4.33. The molecule has 0 amide bonds. The number of rotatable bonds is 2. The van der Waals surface area contributed by atoms with E-state index in [1.807, 2.05) is 5.48 Å². The van der Waals surface area contributed by atoms with Gasteiger partial charge >= 0.3 is 0 Å². The summed E-state index contributed by atoms with van der Waals surface area (Å²) in [6, 6.07) is 9.41. The zero-order valence-corrected chi connectivity index (χ0v) is 10.2. The first-order valence-electron chi connectivity index (χ1n) is 5.82. The largest absolute Gasteiger partial charge is 0.507 e. The Balaban J connectivity index is 2.67. The molecule has 3 aromatic rings. The summed E-state index contributed by atoms with van der Waals surface area (Å²) in [5.74, 6) is -0.310. The molecule has 0 aromatic heterocycles. The first-order chi connectivity index (χ1) is 9.69. The second-order valence-electron chi connectivity index (χ2n) is 4.33. The van der Waals surface area contributed by atoms with E-state index >= 15 is 0 Å². The van der Waals surface area contributed by atoms with E-state index in [0.717, 1.165) is 0 Å². The van der Waals surface area contributed by atoms with E-state index in [0.29, 0.717) is 10.8 Å². The molecule has 0 unspecified atom stereocenters. The highest BCUT2D eigenvalue weighted by Crippen LogP contribution is 2.47. The number of nitrogens with zero attached hydrogens (tertiary/aromatic N) is 1. The highest BCUT2D eigenvalue weighted by atomic mass is 16.5. The van der Waals surface area contributed by atoms with Crippen molar-refractivity contribution in [2.24, 2.45) is 5.18 Å². The van der Waals surface area contributed by atoms with Crippen molar-refractivity contribution >= 4 is 32.9 Å². The smallest absolute Gasteiger partial charge is 0.133 e. The van der Waals surface area contributed by atoms with Crippen LogP contribution in [-0.4, -0.2) is 15.4 Å². The van der Waals surface area contributed by atoms with Crippen molar-refractivity contribution in [3.8, 4) is 11.5 Å². The fourth-order valence-electron chi connectivity index (χ4n) is 2.41. The molecule has 0 saturated heterocycles. The molecule has 0 heterocycles. The van der Waals surface area contributed by atoms with Crippen LogP contribution in [0.1, 0.15) is 0 Å². The van der Waals surface area contributed by atoms with Crippen molar-refractivity contribution in [3.63, 3.8) is 0 Å². The van der Waals surface area contributed by atoms with Gasteiger partial charge in [0.05, 0.1) is 16.5 Å². The number of anilines is 1. The van der Waals surface area contributed by atoms with Gasteiger partial charge in [-0.1, -0.05) is 24.3 Å².